The Balaban J connectivity index is 1.43. The van der Waals surface area contributed by atoms with E-state index in [1.54, 1.807) is 16.7 Å². The van der Waals surface area contributed by atoms with Gasteiger partial charge in [0.15, 0.2) is 0 Å². The fourth-order valence-corrected chi connectivity index (χ4v) is 5.48. The van der Waals surface area contributed by atoms with Gasteiger partial charge in [-0.2, -0.15) is 0 Å². The van der Waals surface area contributed by atoms with Crippen molar-refractivity contribution in [2.45, 2.75) is 84.5 Å². The maximum Gasteiger partial charge on any atom is 0.0243 e. The minimum Gasteiger partial charge on any atom is -0.301 e. The first-order chi connectivity index (χ1) is 12.0. The molecule has 0 bridgehead atoms. The molecule has 2 nitrogen and oxygen atoms in total. The van der Waals surface area contributed by atoms with Crippen molar-refractivity contribution in [1.82, 2.24) is 9.80 Å². The highest BCUT2D eigenvalue weighted by Gasteiger charge is 2.36. The molecule has 2 aliphatic heterocycles. The van der Waals surface area contributed by atoms with Crippen LogP contribution in [-0.2, 0) is 13.1 Å². The highest BCUT2D eigenvalue weighted by molar-refractivity contribution is 5.36. The summed E-state index contributed by atoms with van der Waals surface area (Å²) < 4.78 is 0. The third-order valence-electron chi connectivity index (χ3n) is 7.31. The van der Waals surface area contributed by atoms with Crippen molar-refractivity contribution in [3.63, 3.8) is 0 Å². The zero-order valence-electron chi connectivity index (χ0n) is 16.7. The highest BCUT2D eigenvalue weighted by atomic mass is 15.2. The highest BCUT2D eigenvalue weighted by Crippen LogP contribution is 2.44. The van der Waals surface area contributed by atoms with Crippen LogP contribution in [0.5, 0.6) is 0 Å². The lowest BCUT2D eigenvalue weighted by atomic mass is 9.69. The van der Waals surface area contributed by atoms with E-state index >= 15 is 0 Å². The van der Waals surface area contributed by atoms with E-state index in [1.807, 2.05) is 0 Å². The van der Waals surface area contributed by atoms with E-state index in [4.69, 9.17) is 0 Å². The molecule has 1 saturated heterocycles. The fourth-order valence-electron chi connectivity index (χ4n) is 5.48. The number of hydrogen-bond donors (Lipinski definition) is 0. The summed E-state index contributed by atoms with van der Waals surface area (Å²) in [5.41, 5.74) is 4.80. The Morgan fingerprint density at radius 1 is 0.840 bits per heavy atom. The lowest BCUT2D eigenvalue weighted by Gasteiger charge is -2.45. The number of piperidine rings is 1. The molecule has 3 unspecified atom stereocenters. The molecule has 0 amide bonds. The molecule has 2 heteroatoms. The first-order valence-electron chi connectivity index (χ1n) is 10.6. The van der Waals surface area contributed by atoms with E-state index in [0.717, 1.165) is 36.9 Å². The van der Waals surface area contributed by atoms with Gasteiger partial charge in [-0.05, 0) is 94.4 Å². The Morgan fingerprint density at radius 3 is 2.36 bits per heavy atom. The number of fused-ring (bicyclic) bond motifs is 2. The smallest absolute Gasteiger partial charge is 0.0243 e. The van der Waals surface area contributed by atoms with Crippen LogP contribution in [0.1, 0.15) is 76.0 Å². The van der Waals surface area contributed by atoms with Crippen molar-refractivity contribution in [2.75, 3.05) is 13.1 Å². The van der Waals surface area contributed by atoms with Gasteiger partial charge in [0.1, 0.15) is 0 Å². The number of likely N-dealkylation sites (tertiary alicyclic amines) is 1. The van der Waals surface area contributed by atoms with Crippen LogP contribution in [0.3, 0.4) is 0 Å². The van der Waals surface area contributed by atoms with E-state index in [1.165, 1.54) is 38.8 Å². The van der Waals surface area contributed by atoms with Crippen molar-refractivity contribution < 1.29 is 0 Å². The molecule has 3 aliphatic rings. The standard InChI is InChI=1S/C23H36N2/c1-16(2)24-10-9-20-11-18(5-7-21(20)13-24)19-6-8-22-14-25(17(3)4)15-23(22)12-19/h6,8,12,16-18,20-21H,5,7,9-11,13-15H2,1-4H3. The van der Waals surface area contributed by atoms with Crippen molar-refractivity contribution >= 4 is 0 Å². The SMILES string of the molecule is CC(C)N1Cc2ccc(C3CCC4CN(C(C)C)CCC4C3)cc2C1. The molecule has 25 heavy (non-hydrogen) atoms. The summed E-state index contributed by atoms with van der Waals surface area (Å²) in [5, 5.41) is 0. The van der Waals surface area contributed by atoms with Gasteiger partial charge in [-0.1, -0.05) is 18.2 Å². The van der Waals surface area contributed by atoms with Gasteiger partial charge in [0.25, 0.3) is 0 Å². The first kappa shape index (κ1) is 17.5. The minimum atomic E-state index is 0.650. The number of rotatable bonds is 3. The fraction of sp³-hybridized carbons (Fsp3) is 0.739. The number of nitrogens with zero attached hydrogens (tertiary/aromatic N) is 2. The molecule has 2 fully saturated rings. The Morgan fingerprint density at radius 2 is 1.60 bits per heavy atom. The van der Waals surface area contributed by atoms with Gasteiger partial charge in [0, 0.05) is 31.7 Å². The molecule has 1 aliphatic carbocycles. The van der Waals surface area contributed by atoms with Gasteiger partial charge in [-0.25, -0.2) is 0 Å². The largest absolute Gasteiger partial charge is 0.301 e. The Bertz CT molecular complexity index is 606. The molecule has 0 radical (unpaired) electrons. The Labute approximate surface area is 154 Å². The van der Waals surface area contributed by atoms with Gasteiger partial charge in [0.05, 0.1) is 0 Å². The summed E-state index contributed by atoms with van der Waals surface area (Å²) in [5.74, 6) is 2.73. The molecule has 1 saturated carbocycles. The summed E-state index contributed by atoms with van der Waals surface area (Å²) >= 11 is 0. The van der Waals surface area contributed by atoms with Crippen molar-refractivity contribution in [2.24, 2.45) is 11.8 Å². The van der Waals surface area contributed by atoms with Crippen LogP contribution in [0.2, 0.25) is 0 Å². The molecule has 1 aromatic rings. The molecule has 1 aromatic carbocycles. The molecular formula is C23H36N2. The topological polar surface area (TPSA) is 6.48 Å². The van der Waals surface area contributed by atoms with Gasteiger partial charge >= 0.3 is 0 Å². The predicted molar refractivity (Wildman–Crippen MR) is 106 cm³/mol. The lowest BCUT2D eigenvalue weighted by Crippen LogP contribution is -2.45. The zero-order chi connectivity index (χ0) is 17.6. The average Bonchev–Trinajstić information content (AvgIpc) is 3.04. The normalized spacial score (nSPS) is 30.7. The second-order valence-electron chi connectivity index (χ2n) is 9.43. The molecular weight excluding hydrogens is 304 g/mol. The van der Waals surface area contributed by atoms with E-state index in [0.29, 0.717) is 6.04 Å². The molecule has 0 spiro atoms. The van der Waals surface area contributed by atoms with E-state index in [9.17, 15) is 0 Å². The van der Waals surface area contributed by atoms with E-state index in [2.05, 4.69) is 55.7 Å². The number of benzene rings is 1. The third kappa shape index (κ3) is 3.53. The van der Waals surface area contributed by atoms with Crippen LogP contribution in [0.4, 0.5) is 0 Å². The molecule has 3 atom stereocenters. The van der Waals surface area contributed by atoms with Crippen LogP contribution in [-0.4, -0.2) is 35.0 Å². The van der Waals surface area contributed by atoms with Crippen molar-refractivity contribution in [3.8, 4) is 0 Å². The van der Waals surface area contributed by atoms with Crippen LogP contribution in [0.15, 0.2) is 18.2 Å². The second-order valence-corrected chi connectivity index (χ2v) is 9.43. The summed E-state index contributed by atoms with van der Waals surface area (Å²) in [4.78, 5) is 5.30. The lowest BCUT2D eigenvalue weighted by molar-refractivity contribution is 0.0605. The van der Waals surface area contributed by atoms with Crippen LogP contribution in [0, 0.1) is 11.8 Å². The van der Waals surface area contributed by atoms with Gasteiger partial charge < -0.3 is 4.90 Å². The monoisotopic (exact) mass is 340 g/mol. The van der Waals surface area contributed by atoms with Crippen molar-refractivity contribution in [3.05, 3.63) is 34.9 Å². The third-order valence-corrected chi connectivity index (χ3v) is 7.31. The average molecular weight is 341 g/mol. The summed E-state index contributed by atoms with van der Waals surface area (Å²) in [6.45, 7) is 14.3. The van der Waals surface area contributed by atoms with E-state index in [-0.39, 0.29) is 0 Å². The molecule has 0 aromatic heterocycles. The van der Waals surface area contributed by atoms with Gasteiger partial charge in [-0.3, -0.25) is 4.90 Å². The molecule has 4 rings (SSSR count). The molecule has 2 heterocycles. The quantitative estimate of drug-likeness (QED) is 0.762. The Kier molecular flexibility index (Phi) is 4.94. The minimum absolute atomic E-state index is 0.650. The summed E-state index contributed by atoms with van der Waals surface area (Å²) in [6.07, 6.45) is 5.70. The number of hydrogen-bond acceptors (Lipinski definition) is 2. The first-order valence-corrected chi connectivity index (χ1v) is 10.6. The molecule has 0 N–H and O–H groups in total. The predicted octanol–water partition coefficient (Wildman–Crippen LogP) is 5.02. The summed E-state index contributed by atoms with van der Waals surface area (Å²) in [6, 6.07) is 8.82. The zero-order valence-corrected chi connectivity index (χ0v) is 16.7. The summed E-state index contributed by atoms with van der Waals surface area (Å²) in [7, 11) is 0. The van der Waals surface area contributed by atoms with E-state index < -0.39 is 0 Å². The van der Waals surface area contributed by atoms with Crippen LogP contribution < -0.4 is 0 Å². The maximum atomic E-state index is 2.71. The van der Waals surface area contributed by atoms with Gasteiger partial charge in [0.2, 0.25) is 0 Å². The molecule has 138 valence electrons. The Hall–Kier alpha value is -0.860. The second kappa shape index (κ2) is 7.04. The van der Waals surface area contributed by atoms with Crippen LogP contribution >= 0.6 is 0 Å². The van der Waals surface area contributed by atoms with Crippen molar-refractivity contribution in [1.29, 1.82) is 0 Å². The maximum absolute atomic E-state index is 2.71. The van der Waals surface area contributed by atoms with Crippen LogP contribution in [0.25, 0.3) is 0 Å². The van der Waals surface area contributed by atoms with Gasteiger partial charge in [-0.15, -0.1) is 0 Å².